The number of carbonyl (C=O) groups excluding carboxylic acids is 2. The molecule has 0 radical (unpaired) electrons. The molecule has 1 aromatic rings. The minimum atomic E-state index is -2.64. The van der Waals surface area contributed by atoms with Crippen LogP contribution in [0, 0.1) is 5.82 Å². The van der Waals surface area contributed by atoms with E-state index in [0.29, 0.717) is 25.7 Å². The molecule has 3 saturated carbocycles. The van der Waals surface area contributed by atoms with Crippen LogP contribution in [-0.4, -0.2) is 59.3 Å². The number of fused-ring (bicyclic) bond motifs is 3. The van der Waals surface area contributed by atoms with Crippen molar-refractivity contribution >= 4 is 23.4 Å². The maximum absolute atomic E-state index is 13.5. The van der Waals surface area contributed by atoms with Gasteiger partial charge >= 0.3 is 0 Å². The number of halogens is 4. The third-order valence-electron chi connectivity index (χ3n) is 6.79. The second kappa shape index (κ2) is 9.28. The van der Waals surface area contributed by atoms with Crippen LogP contribution in [0.2, 0.25) is 5.02 Å². The lowest BCUT2D eigenvalue weighted by Gasteiger charge is -2.56. The Bertz CT molecular complexity index is 913. The van der Waals surface area contributed by atoms with E-state index in [1.165, 1.54) is 12.1 Å². The molecule has 3 unspecified atom stereocenters. The summed E-state index contributed by atoms with van der Waals surface area (Å²) < 4.78 is 44.4. The van der Waals surface area contributed by atoms with Gasteiger partial charge in [-0.05, 0) is 44.2 Å². The number of alkyl halides is 2. The van der Waals surface area contributed by atoms with Crippen LogP contribution in [-0.2, 0) is 14.4 Å². The summed E-state index contributed by atoms with van der Waals surface area (Å²) >= 11 is 5.62. The number of aliphatic hydroxyl groups excluding tert-OH is 1. The van der Waals surface area contributed by atoms with E-state index in [1.807, 2.05) is 0 Å². The highest BCUT2D eigenvalue weighted by atomic mass is 35.5. The predicted molar refractivity (Wildman–Crippen MR) is 110 cm³/mol. The number of nitrogens with one attached hydrogen (secondary N) is 3. The number of amides is 2. The first-order valence-corrected chi connectivity index (χ1v) is 11.1. The van der Waals surface area contributed by atoms with Gasteiger partial charge in [-0.15, -0.1) is 0 Å². The molecule has 1 aromatic carbocycles. The number of aliphatic hydroxyl groups is 1. The minimum absolute atomic E-state index is 0.0570. The molecule has 1 heterocycles. The van der Waals surface area contributed by atoms with Crippen molar-refractivity contribution < 1.29 is 37.4 Å². The highest BCUT2D eigenvalue weighted by Gasteiger charge is 2.56. The van der Waals surface area contributed by atoms with Crippen LogP contribution in [0.5, 0.6) is 5.75 Å². The fourth-order valence-corrected chi connectivity index (χ4v) is 4.96. The molecular formula is C21H25ClF3N3O5. The van der Waals surface area contributed by atoms with Crippen LogP contribution in [0.25, 0.3) is 0 Å². The smallest absolute Gasteiger partial charge is 0.258 e. The lowest BCUT2D eigenvalue weighted by molar-refractivity contribution is -0.142. The Hall–Kier alpha value is -2.08. The van der Waals surface area contributed by atoms with Crippen molar-refractivity contribution in [2.75, 3.05) is 6.61 Å². The van der Waals surface area contributed by atoms with Crippen LogP contribution in [0.15, 0.2) is 18.2 Å². The van der Waals surface area contributed by atoms with Crippen LogP contribution < -0.4 is 20.9 Å². The molecule has 1 aliphatic heterocycles. The Balaban J connectivity index is 1.30. The molecule has 1 saturated heterocycles. The summed E-state index contributed by atoms with van der Waals surface area (Å²) in [5, 5.41) is 16.5. The highest BCUT2D eigenvalue weighted by molar-refractivity contribution is 6.30. The Labute approximate surface area is 193 Å². The minimum Gasteiger partial charge on any atom is -0.484 e. The number of hydrogen-bond acceptors (Lipinski definition) is 6. The number of hydrogen-bond donors (Lipinski definition) is 4. The zero-order valence-corrected chi connectivity index (χ0v) is 18.3. The molecule has 2 bridgehead atoms. The number of ether oxygens (including phenoxy) is 1. The normalized spacial score (nSPS) is 33.2. The third kappa shape index (κ3) is 5.06. The van der Waals surface area contributed by atoms with E-state index < -0.39 is 53.4 Å². The molecule has 3 aliphatic carbocycles. The number of hydroxylamine groups is 1. The quantitative estimate of drug-likeness (QED) is 0.463. The van der Waals surface area contributed by atoms with E-state index in [0.717, 1.165) is 6.07 Å². The van der Waals surface area contributed by atoms with E-state index in [2.05, 4.69) is 16.1 Å². The second-order valence-corrected chi connectivity index (χ2v) is 9.37. The first kappa shape index (κ1) is 24.1. The number of carbonyl (C=O) groups is 2. The van der Waals surface area contributed by atoms with Gasteiger partial charge in [0, 0.05) is 18.0 Å². The lowest BCUT2D eigenvalue weighted by Crippen LogP contribution is -2.70. The maximum Gasteiger partial charge on any atom is 0.258 e. The Kier molecular flexibility index (Phi) is 6.77. The first-order valence-electron chi connectivity index (χ1n) is 10.7. The first-order chi connectivity index (χ1) is 15.6. The van der Waals surface area contributed by atoms with Crippen molar-refractivity contribution in [3.8, 4) is 5.75 Å². The molecule has 2 amide bonds. The molecule has 0 aromatic heterocycles. The molecular weight excluding hydrogens is 467 g/mol. The third-order valence-corrected chi connectivity index (χ3v) is 7.09. The largest absolute Gasteiger partial charge is 0.484 e. The summed E-state index contributed by atoms with van der Waals surface area (Å²) in [5.74, 6) is -1.48. The zero-order chi connectivity index (χ0) is 23.8. The van der Waals surface area contributed by atoms with E-state index >= 15 is 0 Å². The lowest BCUT2D eigenvalue weighted by atomic mass is 9.60. The van der Waals surface area contributed by atoms with Gasteiger partial charge in [-0.2, -0.15) is 5.48 Å². The van der Waals surface area contributed by atoms with Crippen molar-refractivity contribution in [3.05, 3.63) is 29.0 Å². The molecule has 0 spiro atoms. The van der Waals surface area contributed by atoms with Crippen LogP contribution >= 0.6 is 11.6 Å². The van der Waals surface area contributed by atoms with Gasteiger partial charge in [0.1, 0.15) is 11.6 Å². The van der Waals surface area contributed by atoms with E-state index in [9.17, 15) is 27.9 Å². The molecule has 12 heteroatoms. The summed E-state index contributed by atoms with van der Waals surface area (Å²) in [6.45, 7) is -0.366. The Morgan fingerprint density at radius 3 is 2.61 bits per heavy atom. The predicted octanol–water partition coefficient (Wildman–Crippen LogP) is 1.83. The molecule has 4 aliphatic rings. The second-order valence-electron chi connectivity index (χ2n) is 8.96. The summed E-state index contributed by atoms with van der Waals surface area (Å²) in [6, 6.07) is 2.64. The maximum atomic E-state index is 13.5. The van der Waals surface area contributed by atoms with Crippen molar-refractivity contribution in [2.24, 2.45) is 0 Å². The van der Waals surface area contributed by atoms with Gasteiger partial charge in [0.05, 0.1) is 22.7 Å². The van der Waals surface area contributed by atoms with Crippen LogP contribution in [0.3, 0.4) is 0 Å². The van der Waals surface area contributed by atoms with Crippen LogP contribution in [0.1, 0.15) is 38.5 Å². The van der Waals surface area contributed by atoms with Crippen molar-refractivity contribution in [3.63, 3.8) is 0 Å². The summed E-state index contributed by atoms with van der Waals surface area (Å²) in [4.78, 5) is 30.0. The Morgan fingerprint density at radius 2 is 2.00 bits per heavy atom. The topological polar surface area (TPSA) is 109 Å². The molecule has 4 fully saturated rings. The van der Waals surface area contributed by atoms with E-state index in [4.69, 9.17) is 21.2 Å². The molecule has 5 rings (SSSR count). The zero-order valence-electron chi connectivity index (χ0n) is 17.6. The number of rotatable bonds is 7. The fraction of sp³-hybridized carbons (Fsp3) is 0.619. The molecule has 33 heavy (non-hydrogen) atoms. The average Bonchev–Trinajstić information content (AvgIpc) is 3.27. The van der Waals surface area contributed by atoms with Crippen LogP contribution in [0.4, 0.5) is 13.2 Å². The standard InChI is InChI=1S/C21H25ClF3N3O5/c22-12-2-1-11(7-13(12)23)32-10-17(30)26-21-5-3-20(4-6-21,9-16(21)29)27-19(31)15-8-14(18(24)25)28-33-15/h1-2,7,14-16,18,28-29H,3-6,8-10H2,(H,26,30)(H,27,31). The molecule has 4 N–H and O–H groups in total. The van der Waals surface area contributed by atoms with Gasteiger partial charge in [-0.25, -0.2) is 13.2 Å². The van der Waals surface area contributed by atoms with Gasteiger partial charge in [-0.3, -0.25) is 14.4 Å². The molecule has 8 nitrogen and oxygen atoms in total. The van der Waals surface area contributed by atoms with E-state index in [-0.39, 0.29) is 30.2 Å². The van der Waals surface area contributed by atoms with Crippen molar-refractivity contribution in [2.45, 2.75) is 74.3 Å². The van der Waals surface area contributed by atoms with Crippen molar-refractivity contribution in [1.82, 2.24) is 16.1 Å². The summed E-state index contributed by atoms with van der Waals surface area (Å²) in [7, 11) is 0. The van der Waals surface area contributed by atoms with Gasteiger partial charge < -0.3 is 20.5 Å². The fourth-order valence-electron chi connectivity index (χ4n) is 4.84. The van der Waals surface area contributed by atoms with Gasteiger partial charge in [0.15, 0.2) is 12.7 Å². The number of benzene rings is 1. The van der Waals surface area contributed by atoms with Crippen molar-refractivity contribution in [1.29, 1.82) is 0 Å². The average molecular weight is 492 g/mol. The summed E-state index contributed by atoms with van der Waals surface area (Å²) in [6.07, 6.45) is -2.69. The SMILES string of the molecule is O=C(COc1ccc(Cl)c(F)c1)NC12CCC(NC(=O)C3CC(C(F)F)NO3)(CC1)CC2O. The molecule has 3 atom stereocenters. The molecule has 182 valence electrons. The monoisotopic (exact) mass is 491 g/mol. The van der Waals surface area contributed by atoms with Gasteiger partial charge in [0.25, 0.3) is 18.2 Å². The van der Waals surface area contributed by atoms with Gasteiger partial charge in [0.2, 0.25) is 0 Å². The van der Waals surface area contributed by atoms with E-state index in [1.54, 1.807) is 0 Å². The highest BCUT2D eigenvalue weighted by Crippen LogP contribution is 2.47. The summed E-state index contributed by atoms with van der Waals surface area (Å²) in [5.41, 5.74) is 0.639. The van der Waals surface area contributed by atoms with Gasteiger partial charge in [-0.1, -0.05) is 11.6 Å². The Morgan fingerprint density at radius 1 is 1.27 bits per heavy atom.